The molecule has 0 N–H and O–H groups in total. The van der Waals surface area contributed by atoms with Crippen molar-refractivity contribution in [3.05, 3.63) is 145 Å². The lowest BCUT2D eigenvalue weighted by molar-refractivity contribution is 0.669. The lowest BCUT2D eigenvalue weighted by atomic mass is 10.0. The van der Waals surface area contributed by atoms with Crippen LogP contribution in [0.25, 0.3) is 83.6 Å². The molecule has 3 heterocycles. The van der Waals surface area contributed by atoms with Gasteiger partial charge in [-0.05, 0) is 42.8 Å². The number of rotatable bonds is 4. The van der Waals surface area contributed by atoms with Crippen LogP contribution in [0.5, 0.6) is 0 Å². The topological polar surface area (TPSA) is 56.7 Å². The average molecular weight is 579 g/mol. The number of furan rings is 1. The van der Waals surface area contributed by atoms with Crippen LogP contribution >= 0.6 is 0 Å². The van der Waals surface area contributed by atoms with E-state index in [1.54, 1.807) is 0 Å². The minimum atomic E-state index is 0.591. The highest BCUT2D eigenvalue weighted by atomic mass is 16.3. The van der Waals surface area contributed by atoms with Crippen LogP contribution in [0.1, 0.15) is 5.56 Å². The van der Waals surface area contributed by atoms with Crippen LogP contribution in [0, 0.1) is 6.92 Å². The molecule has 0 radical (unpaired) electrons. The molecule has 9 rings (SSSR count). The van der Waals surface area contributed by atoms with Crippen molar-refractivity contribution in [2.45, 2.75) is 6.92 Å². The molecule has 0 saturated heterocycles. The fraction of sp³-hybridized carbons (Fsp3) is 0.0250. The Hall–Kier alpha value is -6.07. The van der Waals surface area contributed by atoms with Gasteiger partial charge in [0.2, 0.25) is 0 Å². The molecule has 6 aromatic carbocycles. The van der Waals surface area contributed by atoms with E-state index in [1.807, 2.05) is 60.7 Å². The second-order valence-corrected chi connectivity index (χ2v) is 11.3. The van der Waals surface area contributed by atoms with Gasteiger partial charge < -0.3 is 8.98 Å². The van der Waals surface area contributed by atoms with Crippen molar-refractivity contribution in [1.82, 2.24) is 19.5 Å². The summed E-state index contributed by atoms with van der Waals surface area (Å²) in [6.45, 7) is 2.09. The largest absolute Gasteiger partial charge is 0.455 e. The first kappa shape index (κ1) is 25.4. The Balaban J connectivity index is 1.33. The normalized spacial score (nSPS) is 11.7. The van der Waals surface area contributed by atoms with Crippen molar-refractivity contribution < 1.29 is 4.42 Å². The summed E-state index contributed by atoms with van der Waals surface area (Å²) >= 11 is 0. The van der Waals surface area contributed by atoms with Crippen LogP contribution in [-0.4, -0.2) is 19.5 Å². The van der Waals surface area contributed by atoms with Gasteiger partial charge in [-0.3, -0.25) is 0 Å². The molecule has 0 amide bonds. The van der Waals surface area contributed by atoms with E-state index in [1.165, 1.54) is 10.9 Å². The van der Waals surface area contributed by atoms with E-state index in [4.69, 9.17) is 19.4 Å². The molecule has 5 heteroatoms. The van der Waals surface area contributed by atoms with Gasteiger partial charge in [0.15, 0.2) is 17.5 Å². The van der Waals surface area contributed by atoms with Gasteiger partial charge >= 0.3 is 0 Å². The molecule has 0 aliphatic carbocycles. The Bertz CT molecular complexity index is 2470. The number of hydrogen-bond acceptors (Lipinski definition) is 4. The molecule has 3 aromatic heterocycles. The van der Waals surface area contributed by atoms with Gasteiger partial charge in [-0.25, -0.2) is 15.0 Å². The number of aryl methyl sites for hydroxylation is 1. The predicted octanol–water partition coefficient (Wildman–Crippen LogP) is 10.2. The van der Waals surface area contributed by atoms with Crippen molar-refractivity contribution in [2.24, 2.45) is 0 Å². The standard InChI is InChI=1S/C40H26N4O/c1-25-21-22-30-32-23-34-31(29-19-11-12-20-33(29)44(34)28-17-9-4-10-18-28)24-35(32)45-37(30)36(25)40-42-38(26-13-5-2-6-14-26)41-39(43-40)27-15-7-3-8-16-27/h2-24H,1H3. The van der Waals surface area contributed by atoms with E-state index in [-0.39, 0.29) is 0 Å². The van der Waals surface area contributed by atoms with Crippen molar-refractivity contribution in [3.8, 4) is 39.9 Å². The van der Waals surface area contributed by atoms with Gasteiger partial charge in [-0.2, -0.15) is 0 Å². The maximum absolute atomic E-state index is 6.77. The van der Waals surface area contributed by atoms with Crippen LogP contribution < -0.4 is 0 Å². The van der Waals surface area contributed by atoms with Gasteiger partial charge in [-0.1, -0.05) is 109 Å². The molecule has 0 aliphatic rings. The van der Waals surface area contributed by atoms with E-state index in [0.717, 1.165) is 60.8 Å². The average Bonchev–Trinajstić information content (AvgIpc) is 3.62. The zero-order chi connectivity index (χ0) is 29.9. The minimum absolute atomic E-state index is 0.591. The number of fused-ring (bicyclic) bond motifs is 6. The van der Waals surface area contributed by atoms with Gasteiger partial charge in [-0.15, -0.1) is 0 Å². The first-order valence-electron chi connectivity index (χ1n) is 15.0. The lowest BCUT2D eigenvalue weighted by Crippen LogP contribution is -2.01. The highest BCUT2D eigenvalue weighted by Gasteiger charge is 2.21. The Morgan fingerprint density at radius 2 is 1.09 bits per heavy atom. The number of para-hydroxylation sites is 2. The highest BCUT2D eigenvalue weighted by Crippen LogP contribution is 2.41. The Morgan fingerprint density at radius 3 is 1.78 bits per heavy atom. The Morgan fingerprint density at radius 1 is 0.489 bits per heavy atom. The summed E-state index contributed by atoms with van der Waals surface area (Å²) in [5.41, 5.74) is 8.82. The van der Waals surface area contributed by atoms with Crippen molar-refractivity contribution in [1.29, 1.82) is 0 Å². The summed E-state index contributed by atoms with van der Waals surface area (Å²) in [6, 6.07) is 47.9. The minimum Gasteiger partial charge on any atom is -0.455 e. The smallest absolute Gasteiger partial charge is 0.168 e. The van der Waals surface area contributed by atoms with E-state index in [2.05, 4.69) is 90.4 Å². The van der Waals surface area contributed by atoms with Crippen LogP contribution in [-0.2, 0) is 0 Å². The monoisotopic (exact) mass is 578 g/mol. The summed E-state index contributed by atoms with van der Waals surface area (Å²) in [4.78, 5) is 15.0. The fourth-order valence-corrected chi connectivity index (χ4v) is 6.45. The van der Waals surface area contributed by atoms with Gasteiger partial charge in [0.05, 0.1) is 16.6 Å². The van der Waals surface area contributed by atoms with Crippen LogP contribution in [0.3, 0.4) is 0 Å². The van der Waals surface area contributed by atoms with E-state index in [9.17, 15) is 0 Å². The quantitative estimate of drug-likeness (QED) is 0.208. The molecule has 5 nitrogen and oxygen atoms in total. The van der Waals surface area contributed by atoms with Crippen LogP contribution in [0.4, 0.5) is 0 Å². The highest BCUT2D eigenvalue weighted by molar-refractivity contribution is 6.18. The third kappa shape index (κ3) is 4.05. The van der Waals surface area contributed by atoms with E-state index in [0.29, 0.717) is 17.5 Å². The zero-order valence-corrected chi connectivity index (χ0v) is 24.5. The first-order chi connectivity index (χ1) is 22.2. The van der Waals surface area contributed by atoms with Crippen molar-refractivity contribution in [3.63, 3.8) is 0 Å². The molecule has 0 saturated carbocycles. The molecular weight excluding hydrogens is 552 g/mol. The predicted molar refractivity (Wildman–Crippen MR) is 182 cm³/mol. The molecule has 212 valence electrons. The third-order valence-electron chi connectivity index (χ3n) is 8.58. The molecule has 0 atom stereocenters. The second kappa shape index (κ2) is 10.00. The first-order valence-corrected chi connectivity index (χ1v) is 15.0. The maximum Gasteiger partial charge on any atom is 0.168 e. The summed E-state index contributed by atoms with van der Waals surface area (Å²) in [7, 11) is 0. The maximum atomic E-state index is 6.77. The van der Waals surface area contributed by atoms with E-state index >= 15 is 0 Å². The van der Waals surface area contributed by atoms with Crippen LogP contribution in [0.2, 0.25) is 0 Å². The SMILES string of the molecule is Cc1ccc2c(oc3cc4c5ccccc5n(-c5ccccc5)c4cc32)c1-c1nc(-c2ccccc2)nc(-c2ccccc2)n1. The number of nitrogens with zero attached hydrogens (tertiary/aromatic N) is 4. The summed E-state index contributed by atoms with van der Waals surface area (Å²) in [5.74, 6) is 1.84. The molecule has 45 heavy (non-hydrogen) atoms. The molecule has 9 aromatic rings. The second-order valence-electron chi connectivity index (χ2n) is 11.3. The van der Waals surface area contributed by atoms with Gasteiger partial charge in [0.25, 0.3) is 0 Å². The molecule has 0 fully saturated rings. The molecule has 0 spiro atoms. The molecule has 0 aliphatic heterocycles. The summed E-state index contributed by atoms with van der Waals surface area (Å²) in [6.07, 6.45) is 0. The van der Waals surface area contributed by atoms with Crippen molar-refractivity contribution >= 4 is 43.7 Å². The number of hydrogen-bond donors (Lipinski definition) is 0. The number of aromatic nitrogens is 4. The van der Waals surface area contributed by atoms with E-state index < -0.39 is 0 Å². The lowest BCUT2D eigenvalue weighted by Gasteiger charge is -2.10. The third-order valence-corrected chi connectivity index (χ3v) is 8.58. The molecule has 0 unspecified atom stereocenters. The summed E-state index contributed by atoms with van der Waals surface area (Å²) in [5, 5.41) is 4.42. The summed E-state index contributed by atoms with van der Waals surface area (Å²) < 4.78 is 9.11. The zero-order valence-electron chi connectivity index (χ0n) is 24.5. The molecular formula is C40H26N4O. The van der Waals surface area contributed by atoms with Gasteiger partial charge in [0, 0.05) is 38.4 Å². The van der Waals surface area contributed by atoms with Crippen molar-refractivity contribution in [2.75, 3.05) is 0 Å². The Kier molecular flexibility index (Phi) is 5.65. The Labute approximate surface area is 259 Å². The van der Waals surface area contributed by atoms with Crippen LogP contribution in [0.15, 0.2) is 144 Å². The number of benzene rings is 6. The molecule has 0 bridgehead atoms. The fourth-order valence-electron chi connectivity index (χ4n) is 6.45. The van der Waals surface area contributed by atoms with Gasteiger partial charge in [0.1, 0.15) is 11.2 Å².